The van der Waals surface area contributed by atoms with Crippen LogP contribution in [0.25, 0.3) is 11.2 Å². The van der Waals surface area contributed by atoms with Crippen LogP contribution in [0.15, 0.2) is 6.20 Å². The summed E-state index contributed by atoms with van der Waals surface area (Å²) in [6.45, 7) is 7.67. The number of rotatable bonds is 2. The predicted octanol–water partition coefficient (Wildman–Crippen LogP) is 1.83. The number of fused-ring (bicyclic) bond motifs is 1. The lowest BCUT2D eigenvalue weighted by Crippen LogP contribution is -2.31. The molecular weight excluding hydrogens is 216 g/mol. The molecule has 0 aliphatic carbocycles. The zero-order valence-electron chi connectivity index (χ0n) is 10.3. The molecular formula is C12H16N4O. The Morgan fingerprint density at radius 2 is 2.18 bits per heavy atom. The van der Waals surface area contributed by atoms with Gasteiger partial charge >= 0.3 is 0 Å². The van der Waals surface area contributed by atoms with Crippen molar-refractivity contribution in [3.63, 3.8) is 0 Å². The number of hydrogen-bond donors (Lipinski definition) is 0. The van der Waals surface area contributed by atoms with E-state index in [1.54, 1.807) is 0 Å². The lowest BCUT2D eigenvalue weighted by molar-refractivity contribution is -0.0270. The highest BCUT2D eigenvalue weighted by Crippen LogP contribution is 2.24. The van der Waals surface area contributed by atoms with E-state index in [0.717, 1.165) is 35.8 Å². The first kappa shape index (κ1) is 10.7. The summed E-state index contributed by atoms with van der Waals surface area (Å²) >= 11 is 0. The molecule has 0 bridgehead atoms. The van der Waals surface area contributed by atoms with Crippen LogP contribution in [0.3, 0.4) is 0 Å². The summed E-state index contributed by atoms with van der Waals surface area (Å²) in [6, 6.07) is 0.322. The van der Waals surface area contributed by atoms with Crippen LogP contribution in [-0.2, 0) is 4.74 Å². The molecule has 1 fully saturated rings. The molecule has 3 heterocycles. The van der Waals surface area contributed by atoms with Crippen LogP contribution in [0.2, 0.25) is 0 Å². The summed E-state index contributed by atoms with van der Waals surface area (Å²) in [6.07, 6.45) is 1.85. The second kappa shape index (κ2) is 3.77. The summed E-state index contributed by atoms with van der Waals surface area (Å²) in [4.78, 5) is 9.16. The Bertz CT molecular complexity index is 557. The van der Waals surface area contributed by atoms with Crippen LogP contribution in [0.5, 0.6) is 0 Å². The SMILES string of the molecule is Cc1nn(C2COC2)c2nc(C(C)C)cnc12. The minimum atomic E-state index is 0.322. The molecule has 0 aromatic carbocycles. The van der Waals surface area contributed by atoms with E-state index in [1.807, 2.05) is 17.8 Å². The minimum absolute atomic E-state index is 0.322. The Balaban J connectivity index is 2.17. The normalized spacial score (nSPS) is 16.7. The summed E-state index contributed by atoms with van der Waals surface area (Å²) in [7, 11) is 0. The molecule has 5 heteroatoms. The summed E-state index contributed by atoms with van der Waals surface area (Å²) in [5.41, 5.74) is 3.75. The first-order valence-corrected chi connectivity index (χ1v) is 5.96. The quantitative estimate of drug-likeness (QED) is 0.792. The van der Waals surface area contributed by atoms with E-state index in [9.17, 15) is 0 Å². The van der Waals surface area contributed by atoms with Crippen molar-refractivity contribution in [1.82, 2.24) is 19.7 Å². The fourth-order valence-electron chi connectivity index (χ4n) is 1.96. The maximum Gasteiger partial charge on any atom is 0.177 e. The molecule has 3 rings (SSSR count). The molecule has 2 aromatic heterocycles. The third-order valence-corrected chi connectivity index (χ3v) is 3.15. The van der Waals surface area contributed by atoms with Gasteiger partial charge in [-0.25, -0.2) is 14.6 Å². The van der Waals surface area contributed by atoms with E-state index in [-0.39, 0.29) is 0 Å². The molecule has 0 atom stereocenters. The van der Waals surface area contributed by atoms with Gasteiger partial charge in [0.05, 0.1) is 24.6 Å². The van der Waals surface area contributed by atoms with Crippen LogP contribution in [-0.4, -0.2) is 33.0 Å². The summed E-state index contributed by atoms with van der Waals surface area (Å²) in [5.74, 6) is 0.383. The Labute approximate surface area is 99.8 Å². The standard InChI is InChI=1S/C12H16N4O/c1-7(2)10-4-13-11-8(3)15-16(12(11)14-10)9-5-17-6-9/h4,7,9H,5-6H2,1-3H3. The Morgan fingerprint density at radius 3 is 2.76 bits per heavy atom. The van der Waals surface area contributed by atoms with Crippen molar-refractivity contribution < 1.29 is 4.74 Å². The fraction of sp³-hybridized carbons (Fsp3) is 0.583. The highest BCUT2D eigenvalue weighted by Gasteiger charge is 2.25. The average Bonchev–Trinajstić information content (AvgIpc) is 2.54. The number of nitrogens with zero attached hydrogens (tertiary/aromatic N) is 4. The van der Waals surface area contributed by atoms with Gasteiger partial charge < -0.3 is 4.74 Å². The molecule has 0 spiro atoms. The van der Waals surface area contributed by atoms with Crippen LogP contribution in [0.1, 0.15) is 37.2 Å². The van der Waals surface area contributed by atoms with Crippen molar-refractivity contribution in [1.29, 1.82) is 0 Å². The van der Waals surface area contributed by atoms with Crippen molar-refractivity contribution in [2.45, 2.75) is 32.7 Å². The highest BCUT2D eigenvalue weighted by molar-refractivity contribution is 5.73. The maximum atomic E-state index is 5.22. The van der Waals surface area contributed by atoms with Gasteiger partial charge in [0.15, 0.2) is 5.65 Å². The van der Waals surface area contributed by atoms with Crippen molar-refractivity contribution >= 4 is 11.2 Å². The number of ether oxygens (including phenoxy) is 1. The number of aryl methyl sites for hydroxylation is 1. The topological polar surface area (TPSA) is 52.8 Å². The molecule has 5 nitrogen and oxygen atoms in total. The van der Waals surface area contributed by atoms with Crippen LogP contribution >= 0.6 is 0 Å². The van der Waals surface area contributed by atoms with Gasteiger partial charge in [0, 0.05) is 6.20 Å². The van der Waals surface area contributed by atoms with Gasteiger partial charge in [-0.2, -0.15) is 5.10 Å². The van der Waals surface area contributed by atoms with E-state index >= 15 is 0 Å². The van der Waals surface area contributed by atoms with Gasteiger partial charge in [-0.3, -0.25) is 0 Å². The van der Waals surface area contributed by atoms with Crippen molar-refractivity contribution in [3.05, 3.63) is 17.6 Å². The first-order valence-electron chi connectivity index (χ1n) is 5.96. The van der Waals surface area contributed by atoms with Gasteiger partial charge in [0.2, 0.25) is 0 Å². The molecule has 0 radical (unpaired) electrons. The Morgan fingerprint density at radius 1 is 1.41 bits per heavy atom. The molecule has 0 saturated carbocycles. The van der Waals surface area contributed by atoms with Crippen molar-refractivity contribution in [2.24, 2.45) is 0 Å². The van der Waals surface area contributed by atoms with Gasteiger partial charge in [-0.1, -0.05) is 13.8 Å². The molecule has 2 aromatic rings. The first-order chi connectivity index (χ1) is 8.16. The van der Waals surface area contributed by atoms with Crippen molar-refractivity contribution in [3.8, 4) is 0 Å². The smallest absolute Gasteiger partial charge is 0.177 e. The second-order valence-electron chi connectivity index (χ2n) is 4.84. The van der Waals surface area contributed by atoms with E-state index in [2.05, 4.69) is 28.9 Å². The summed E-state index contributed by atoms with van der Waals surface area (Å²) in [5, 5.41) is 4.52. The van der Waals surface area contributed by atoms with Crippen LogP contribution in [0, 0.1) is 6.92 Å². The van der Waals surface area contributed by atoms with Crippen LogP contribution < -0.4 is 0 Å². The Kier molecular flexibility index (Phi) is 2.36. The molecule has 0 unspecified atom stereocenters. The number of hydrogen-bond acceptors (Lipinski definition) is 4. The second-order valence-corrected chi connectivity index (χ2v) is 4.84. The van der Waals surface area contributed by atoms with Gasteiger partial charge in [0.25, 0.3) is 0 Å². The zero-order valence-corrected chi connectivity index (χ0v) is 10.3. The van der Waals surface area contributed by atoms with E-state index < -0.39 is 0 Å². The third-order valence-electron chi connectivity index (χ3n) is 3.15. The minimum Gasteiger partial charge on any atom is -0.377 e. The lowest BCUT2D eigenvalue weighted by atomic mass is 10.1. The molecule has 1 saturated heterocycles. The molecule has 90 valence electrons. The largest absolute Gasteiger partial charge is 0.377 e. The molecule has 17 heavy (non-hydrogen) atoms. The zero-order chi connectivity index (χ0) is 12.0. The van der Waals surface area contributed by atoms with Gasteiger partial charge in [-0.05, 0) is 12.8 Å². The van der Waals surface area contributed by atoms with Crippen LogP contribution in [0.4, 0.5) is 0 Å². The number of aromatic nitrogens is 4. The molecule has 0 N–H and O–H groups in total. The van der Waals surface area contributed by atoms with E-state index in [4.69, 9.17) is 4.74 Å². The monoisotopic (exact) mass is 232 g/mol. The molecule has 1 aliphatic rings. The van der Waals surface area contributed by atoms with E-state index in [1.165, 1.54) is 0 Å². The predicted molar refractivity (Wildman–Crippen MR) is 64.0 cm³/mol. The van der Waals surface area contributed by atoms with Crippen molar-refractivity contribution in [2.75, 3.05) is 13.2 Å². The summed E-state index contributed by atoms with van der Waals surface area (Å²) < 4.78 is 7.18. The molecule has 0 amide bonds. The van der Waals surface area contributed by atoms with Gasteiger partial charge in [-0.15, -0.1) is 0 Å². The lowest BCUT2D eigenvalue weighted by Gasteiger charge is -2.26. The fourth-order valence-corrected chi connectivity index (χ4v) is 1.96. The molecule has 1 aliphatic heterocycles. The maximum absolute atomic E-state index is 5.22. The third kappa shape index (κ3) is 1.61. The van der Waals surface area contributed by atoms with Gasteiger partial charge in [0.1, 0.15) is 11.6 Å². The highest BCUT2D eigenvalue weighted by atomic mass is 16.5. The van der Waals surface area contributed by atoms with E-state index in [0.29, 0.717) is 12.0 Å². The Hall–Kier alpha value is -1.49. The average molecular weight is 232 g/mol.